The lowest BCUT2D eigenvalue weighted by molar-refractivity contribution is 0.230. The van der Waals surface area contributed by atoms with Crippen LogP contribution in [0.25, 0.3) is 0 Å². The van der Waals surface area contributed by atoms with Gasteiger partial charge in [0.15, 0.2) is 11.5 Å². The van der Waals surface area contributed by atoms with Crippen LogP contribution in [0.1, 0.15) is 36.1 Å². The average molecular weight is 399 g/mol. The molecule has 1 saturated heterocycles. The van der Waals surface area contributed by atoms with Gasteiger partial charge in [0.2, 0.25) is 0 Å². The normalized spacial score (nSPS) is 21.9. The van der Waals surface area contributed by atoms with Crippen molar-refractivity contribution < 1.29 is 9.47 Å². The topological polar surface area (TPSA) is 33.7 Å². The molecule has 2 atom stereocenters. The summed E-state index contributed by atoms with van der Waals surface area (Å²) >= 11 is 6.00. The number of nitrogens with zero attached hydrogens (tertiary/aromatic N) is 1. The Morgan fingerprint density at radius 2 is 1.64 bits per heavy atom. The summed E-state index contributed by atoms with van der Waals surface area (Å²) < 4.78 is 11.6. The van der Waals surface area contributed by atoms with E-state index >= 15 is 0 Å². The number of methoxy groups -OCH3 is 1. The molecule has 5 heteroatoms. The third-order valence-corrected chi connectivity index (χ3v) is 5.75. The van der Waals surface area contributed by atoms with Crippen LogP contribution >= 0.6 is 11.6 Å². The van der Waals surface area contributed by atoms with Gasteiger partial charge in [-0.1, -0.05) is 42.0 Å². The fourth-order valence-electron chi connectivity index (χ4n) is 3.90. The molecule has 0 aliphatic carbocycles. The van der Waals surface area contributed by atoms with E-state index in [1.165, 1.54) is 31.5 Å². The van der Waals surface area contributed by atoms with Crippen LogP contribution in [0.5, 0.6) is 11.5 Å². The Bertz CT molecular complexity index is 816. The lowest BCUT2D eigenvalue weighted by atomic mass is 10.1. The lowest BCUT2D eigenvalue weighted by Crippen LogP contribution is -2.25. The molecule has 2 aliphatic heterocycles. The Balaban J connectivity index is 1.38. The van der Waals surface area contributed by atoms with E-state index in [2.05, 4.69) is 46.6 Å². The summed E-state index contributed by atoms with van der Waals surface area (Å²) in [6.45, 7) is 4.04. The second-order valence-corrected chi connectivity index (χ2v) is 7.80. The maximum atomic E-state index is 6.00. The molecule has 4 nitrogen and oxygen atoms in total. The SMILES string of the molecule is COc1cc(C2C=CC(c3ccc(Cl)cc3)N2)ccc1OCCN1CCCC1. The second kappa shape index (κ2) is 8.99. The maximum absolute atomic E-state index is 6.00. The van der Waals surface area contributed by atoms with Gasteiger partial charge in [0, 0.05) is 11.6 Å². The first kappa shape index (κ1) is 19.3. The molecule has 0 radical (unpaired) electrons. The highest BCUT2D eigenvalue weighted by Gasteiger charge is 2.21. The van der Waals surface area contributed by atoms with Crippen molar-refractivity contribution >= 4 is 11.6 Å². The first-order chi connectivity index (χ1) is 13.7. The van der Waals surface area contributed by atoms with Gasteiger partial charge in [-0.2, -0.15) is 0 Å². The highest BCUT2D eigenvalue weighted by molar-refractivity contribution is 6.30. The number of rotatable bonds is 7. The van der Waals surface area contributed by atoms with Crippen LogP contribution in [-0.4, -0.2) is 38.3 Å². The quantitative estimate of drug-likeness (QED) is 0.681. The molecular weight excluding hydrogens is 372 g/mol. The summed E-state index contributed by atoms with van der Waals surface area (Å²) in [4.78, 5) is 2.45. The van der Waals surface area contributed by atoms with Crippen molar-refractivity contribution in [3.05, 3.63) is 70.8 Å². The number of halogens is 1. The van der Waals surface area contributed by atoms with Crippen molar-refractivity contribution in [1.29, 1.82) is 0 Å². The smallest absolute Gasteiger partial charge is 0.161 e. The van der Waals surface area contributed by atoms with E-state index in [4.69, 9.17) is 21.1 Å². The summed E-state index contributed by atoms with van der Waals surface area (Å²) in [5.41, 5.74) is 2.37. The summed E-state index contributed by atoms with van der Waals surface area (Å²) in [6, 6.07) is 14.5. The minimum Gasteiger partial charge on any atom is -0.493 e. The molecule has 0 bridgehead atoms. The molecule has 2 unspecified atom stereocenters. The number of hydrogen-bond donors (Lipinski definition) is 1. The average Bonchev–Trinajstić information content (AvgIpc) is 3.41. The number of benzene rings is 2. The second-order valence-electron chi connectivity index (χ2n) is 7.37. The van der Waals surface area contributed by atoms with Gasteiger partial charge in [0.05, 0.1) is 19.2 Å². The maximum Gasteiger partial charge on any atom is 0.161 e. The van der Waals surface area contributed by atoms with Crippen LogP contribution in [0, 0.1) is 0 Å². The van der Waals surface area contributed by atoms with Gasteiger partial charge in [-0.05, 0) is 61.3 Å². The van der Waals surface area contributed by atoms with E-state index in [1.54, 1.807) is 7.11 Å². The summed E-state index contributed by atoms with van der Waals surface area (Å²) in [5.74, 6) is 1.59. The highest BCUT2D eigenvalue weighted by Crippen LogP contribution is 2.34. The fourth-order valence-corrected chi connectivity index (χ4v) is 4.03. The monoisotopic (exact) mass is 398 g/mol. The molecule has 0 spiro atoms. The van der Waals surface area contributed by atoms with Crippen LogP contribution in [0.3, 0.4) is 0 Å². The lowest BCUT2D eigenvalue weighted by Gasteiger charge is -2.19. The van der Waals surface area contributed by atoms with E-state index < -0.39 is 0 Å². The molecule has 2 heterocycles. The van der Waals surface area contributed by atoms with Crippen molar-refractivity contribution in [3.8, 4) is 11.5 Å². The van der Waals surface area contributed by atoms with Gasteiger partial charge in [-0.3, -0.25) is 10.2 Å². The van der Waals surface area contributed by atoms with Crippen molar-refractivity contribution in [1.82, 2.24) is 10.2 Å². The molecule has 2 aliphatic rings. The third kappa shape index (κ3) is 4.52. The van der Waals surface area contributed by atoms with Gasteiger partial charge in [0.1, 0.15) is 6.61 Å². The van der Waals surface area contributed by atoms with Gasteiger partial charge in [-0.15, -0.1) is 0 Å². The largest absolute Gasteiger partial charge is 0.493 e. The van der Waals surface area contributed by atoms with Crippen LogP contribution in [0.4, 0.5) is 0 Å². The van der Waals surface area contributed by atoms with E-state index in [0.717, 1.165) is 28.6 Å². The van der Waals surface area contributed by atoms with E-state index in [9.17, 15) is 0 Å². The Morgan fingerprint density at radius 3 is 2.36 bits per heavy atom. The fraction of sp³-hybridized carbons (Fsp3) is 0.391. The molecule has 0 amide bonds. The molecule has 1 fully saturated rings. The van der Waals surface area contributed by atoms with Gasteiger partial charge >= 0.3 is 0 Å². The predicted octanol–water partition coefficient (Wildman–Crippen LogP) is 4.77. The van der Waals surface area contributed by atoms with E-state index in [1.807, 2.05) is 18.2 Å². The number of hydrogen-bond acceptors (Lipinski definition) is 4. The Labute approximate surface area is 172 Å². The van der Waals surface area contributed by atoms with Gasteiger partial charge in [-0.25, -0.2) is 0 Å². The molecule has 1 N–H and O–H groups in total. The summed E-state index contributed by atoms with van der Waals surface area (Å²) in [7, 11) is 1.70. The minimum absolute atomic E-state index is 0.147. The highest BCUT2D eigenvalue weighted by atomic mass is 35.5. The summed E-state index contributed by atoms with van der Waals surface area (Å²) in [5, 5.41) is 4.39. The van der Waals surface area contributed by atoms with Gasteiger partial charge < -0.3 is 9.47 Å². The van der Waals surface area contributed by atoms with Crippen LogP contribution < -0.4 is 14.8 Å². The van der Waals surface area contributed by atoms with E-state index in [0.29, 0.717) is 6.61 Å². The Hall–Kier alpha value is -2.01. The molecule has 4 rings (SSSR count). The number of likely N-dealkylation sites (tertiary alicyclic amines) is 1. The van der Waals surface area contributed by atoms with Crippen molar-refractivity contribution in [2.24, 2.45) is 0 Å². The van der Waals surface area contributed by atoms with Crippen LogP contribution in [-0.2, 0) is 0 Å². The van der Waals surface area contributed by atoms with Crippen molar-refractivity contribution in [2.45, 2.75) is 24.9 Å². The summed E-state index contributed by atoms with van der Waals surface area (Å²) in [6.07, 6.45) is 7.00. The third-order valence-electron chi connectivity index (χ3n) is 5.49. The van der Waals surface area contributed by atoms with Crippen LogP contribution in [0.2, 0.25) is 5.02 Å². The predicted molar refractivity (Wildman–Crippen MR) is 113 cm³/mol. The molecule has 0 aromatic heterocycles. The molecule has 2 aromatic rings. The Morgan fingerprint density at radius 1 is 0.964 bits per heavy atom. The van der Waals surface area contributed by atoms with Crippen LogP contribution in [0.15, 0.2) is 54.6 Å². The molecule has 148 valence electrons. The Kier molecular flexibility index (Phi) is 6.20. The minimum atomic E-state index is 0.147. The number of ether oxygens (including phenoxy) is 2. The van der Waals surface area contributed by atoms with Crippen molar-refractivity contribution in [3.63, 3.8) is 0 Å². The molecule has 28 heavy (non-hydrogen) atoms. The molecular formula is C23H27ClN2O2. The first-order valence-electron chi connectivity index (χ1n) is 9.96. The molecule has 0 saturated carbocycles. The zero-order valence-corrected chi connectivity index (χ0v) is 17.0. The zero-order valence-electron chi connectivity index (χ0n) is 16.2. The zero-order chi connectivity index (χ0) is 19.3. The number of nitrogens with one attached hydrogen (secondary N) is 1. The van der Waals surface area contributed by atoms with E-state index in [-0.39, 0.29) is 12.1 Å². The molecule has 2 aromatic carbocycles. The first-order valence-corrected chi connectivity index (χ1v) is 10.3. The van der Waals surface area contributed by atoms with Crippen molar-refractivity contribution in [2.75, 3.05) is 33.4 Å². The van der Waals surface area contributed by atoms with Gasteiger partial charge in [0.25, 0.3) is 0 Å². The standard InChI is InChI=1S/C23H27ClN2O2/c1-27-23-16-18(6-11-22(23)28-15-14-26-12-2-3-13-26)21-10-9-20(25-21)17-4-7-19(24)8-5-17/h4-11,16,20-21,25H,2-3,12-15H2,1H3.